The molecule has 2 aromatic heterocycles. The quantitative estimate of drug-likeness (QED) is 0.689. The number of nitrogens with two attached hydrogens (primary N) is 1. The third-order valence-electron chi connectivity index (χ3n) is 4.75. The number of benzene rings is 1. The molecule has 0 saturated carbocycles. The Bertz CT molecular complexity index is 1080. The second-order valence-electron chi connectivity index (χ2n) is 6.62. The Morgan fingerprint density at radius 3 is 2.79 bits per heavy atom. The lowest BCUT2D eigenvalue weighted by atomic mass is 9.98. The molecular weight excluding hydrogens is 362 g/mol. The van der Waals surface area contributed by atoms with E-state index < -0.39 is 17.4 Å². The number of amides is 2. The van der Waals surface area contributed by atoms with E-state index in [2.05, 4.69) is 15.1 Å². The van der Waals surface area contributed by atoms with Crippen molar-refractivity contribution in [2.24, 2.45) is 5.73 Å². The summed E-state index contributed by atoms with van der Waals surface area (Å²) in [5.74, 6) is -0.608. The predicted molar refractivity (Wildman–Crippen MR) is 97.6 cm³/mol. The molecule has 0 spiro atoms. The van der Waals surface area contributed by atoms with E-state index in [-0.39, 0.29) is 17.9 Å². The van der Waals surface area contributed by atoms with E-state index in [9.17, 15) is 14.7 Å². The summed E-state index contributed by atoms with van der Waals surface area (Å²) in [6.07, 6.45) is 1.70. The fourth-order valence-electron chi connectivity index (χ4n) is 3.14. The van der Waals surface area contributed by atoms with Gasteiger partial charge in [-0.2, -0.15) is 0 Å². The smallest absolute Gasteiger partial charge is 0.267 e. The second kappa shape index (κ2) is 6.54. The van der Waals surface area contributed by atoms with Gasteiger partial charge in [0.25, 0.3) is 11.8 Å². The first-order valence-corrected chi connectivity index (χ1v) is 8.57. The number of hydrogen-bond donors (Lipinski definition) is 2. The zero-order valence-corrected chi connectivity index (χ0v) is 15.0. The first-order chi connectivity index (χ1) is 13.4. The lowest BCUT2D eigenvalue weighted by Gasteiger charge is -2.16. The van der Waals surface area contributed by atoms with Crippen molar-refractivity contribution in [2.45, 2.75) is 12.0 Å². The third-order valence-corrected chi connectivity index (χ3v) is 4.75. The van der Waals surface area contributed by atoms with Gasteiger partial charge >= 0.3 is 0 Å². The minimum atomic E-state index is -1.70. The summed E-state index contributed by atoms with van der Waals surface area (Å²) in [6.45, 7) is 0.439. The Morgan fingerprint density at radius 2 is 2.07 bits per heavy atom. The molecule has 3 aromatic rings. The summed E-state index contributed by atoms with van der Waals surface area (Å²) in [5.41, 5.74) is 5.48. The number of hydrogen-bond acceptors (Lipinski definition) is 7. The maximum absolute atomic E-state index is 12.2. The molecular formula is C19H17N5O4. The average molecular weight is 379 g/mol. The van der Waals surface area contributed by atoms with Crippen LogP contribution in [0.25, 0.3) is 22.6 Å². The molecule has 1 fully saturated rings. The number of rotatable bonds is 4. The van der Waals surface area contributed by atoms with Crippen LogP contribution in [0.4, 0.5) is 0 Å². The van der Waals surface area contributed by atoms with Crippen LogP contribution in [0.1, 0.15) is 22.7 Å². The maximum atomic E-state index is 12.2. The van der Waals surface area contributed by atoms with Crippen molar-refractivity contribution >= 4 is 11.8 Å². The Hall–Kier alpha value is -3.59. The summed E-state index contributed by atoms with van der Waals surface area (Å²) >= 11 is 0. The minimum Gasteiger partial charge on any atom is -0.373 e. The fraction of sp³-hybridized carbons (Fsp3) is 0.211. The van der Waals surface area contributed by atoms with E-state index in [0.717, 1.165) is 0 Å². The minimum absolute atomic E-state index is 0.106. The standard InChI is InChI=1S/C19H17N5O4/c1-24-8-6-19(27,18(24)26)15-10-14(23-28-15)11-3-2-4-12(9-11)17-21-7-5-13(22-17)16(20)25/h2-5,7,9-10,27H,6,8H2,1H3,(H2,20,25). The van der Waals surface area contributed by atoms with Gasteiger partial charge in [-0.1, -0.05) is 23.4 Å². The SMILES string of the molecule is CN1CCC(O)(c2cc(-c3cccc(-c4nccc(C(N)=O)n4)c3)no2)C1=O. The summed E-state index contributed by atoms with van der Waals surface area (Å²) in [7, 11) is 1.63. The Kier molecular flexibility index (Phi) is 4.16. The molecule has 0 bridgehead atoms. The third kappa shape index (κ3) is 2.91. The molecule has 1 unspecified atom stereocenters. The molecule has 1 aliphatic rings. The van der Waals surface area contributed by atoms with Gasteiger partial charge in [0.05, 0.1) is 0 Å². The fourth-order valence-corrected chi connectivity index (χ4v) is 3.14. The van der Waals surface area contributed by atoms with Gasteiger partial charge < -0.3 is 20.3 Å². The van der Waals surface area contributed by atoms with Crippen LogP contribution in [0.15, 0.2) is 47.1 Å². The number of carbonyl (C=O) groups excluding carboxylic acids is 2. The zero-order valence-electron chi connectivity index (χ0n) is 15.0. The van der Waals surface area contributed by atoms with E-state index >= 15 is 0 Å². The van der Waals surface area contributed by atoms with Crippen LogP contribution in [0.2, 0.25) is 0 Å². The van der Waals surface area contributed by atoms with E-state index in [1.54, 1.807) is 37.4 Å². The number of nitrogens with zero attached hydrogens (tertiary/aromatic N) is 4. The summed E-state index contributed by atoms with van der Waals surface area (Å²) < 4.78 is 5.28. The Morgan fingerprint density at radius 1 is 1.29 bits per heavy atom. The number of aliphatic hydroxyl groups is 1. The molecule has 1 aromatic carbocycles. The molecule has 1 atom stereocenters. The van der Waals surface area contributed by atoms with Gasteiger partial charge in [-0.15, -0.1) is 0 Å². The molecule has 4 rings (SSSR count). The largest absolute Gasteiger partial charge is 0.373 e. The molecule has 28 heavy (non-hydrogen) atoms. The molecule has 3 heterocycles. The van der Waals surface area contributed by atoms with E-state index in [1.807, 2.05) is 0 Å². The zero-order chi connectivity index (χ0) is 19.9. The van der Waals surface area contributed by atoms with Crippen molar-refractivity contribution in [3.63, 3.8) is 0 Å². The number of primary amides is 1. The van der Waals surface area contributed by atoms with Crippen LogP contribution < -0.4 is 5.73 Å². The van der Waals surface area contributed by atoms with Gasteiger partial charge in [0.15, 0.2) is 11.6 Å². The highest BCUT2D eigenvalue weighted by molar-refractivity contribution is 5.91. The van der Waals surface area contributed by atoms with Gasteiger partial charge in [0.2, 0.25) is 5.60 Å². The molecule has 3 N–H and O–H groups in total. The van der Waals surface area contributed by atoms with Gasteiger partial charge in [0, 0.05) is 43.4 Å². The first kappa shape index (κ1) is 17.8. The van der Waals surface area contributed by atoms with Crippen LogP contribution in [-0.4, -0.2) is 50.5 Å². The van der Waals surface area contributed by atoms with Crippen molar-refractivity contribution in [1.82, 2.24) is 20.0 Å². The monoisotopic (exact) mass is 379 g/mol. The van der Waals surface area contributed by atoms with Crippen molar-refractivity contribution < 1.29 is 19.2 Å². The normalized spacial score (nSPS) is 19.2. The molecule has 9 heteroatoms. The van der Waals surface area contributed by atoms with Crippen LogP contribution in [0, 0.1) is 0 Å². The number of likely N-dealkylation sites (tertiary alicyclic amines) is 1. The average Bonchev–Trinajstić information content (AvgIpc) is 3.31. The predicted octanol–water partition coefficient (Wildman–Crippen LogP) is 0.947. The van der Waals surface area contributed by atoms with Crippen LogP contribution in [-0.2, 0) is 10.4 Å². The summed E-state index contributed by atoms with van der Waals surface area (Å²) in [5, 5.41) is 14.7. The van der Waals surface area contributed by atoms with Crippen molar-refractivity contribution in [2.75, 3.05) is 13.6 Å². The van der Waals surface area contributed by atoms with Crippen LogP contribution >= 0.6 is 0 Å². The van der Waals surface area contributed by atoms with Gasteiger partial charge in [-0.3, -0.25) is 9.59 Å². The highest BCUT2D eigenvalue weighted by Gasteiger charge is 2.48. The molecule has 1 aliphatic heterocycles. The van der Waals surface area contributed by atoms with E-state index in [0.29, 0.717) is 29.2 Å². The van der Waals surface area contributed by atoms with Crippen molar-refractivity contribution in [3.8, 4) is 22.6 Å². The van der Waals surface area contributed by atoms with E-state index in [4.69, 9.17) is 10.3 Å². The molecule has 0 radical (unpaired) electrons. The lowest BCUT2D eigenvalue weighted by molar-refractivity contribution is -0.144. The van der Waals surface area contributed by atoms with Gasteiger partial charge in [-0.05, 0) is 12.1 Å². The topological polar surface area (TPSA) is 135 Å². The second-order valence-corrected chi connectivity index (χ2v) is 6.62. The first-order valence-electron chi connectivity index (χ1n) is 8.57. The van der Waals surface area contributed by atoms with Crippen LogP contribution in [0.3, 0.4) is 0 Å². The van der Waals surface area contributed by atoms with Gasteiger partial charge in [-0.25, -0.2) is 9.97 Å². The highest BCUT2D eigenvalue weighted by atomic mass is 16.5. The molecule has 1 saturated heterocycles. The van der Waals surface area contributed by atoms with Crippen molar-refractivity contribution in [3.05, 3.63) is 54.0 Å². The number of carbonyl (C=O) groups is 2. The lowest BCUT2D eigenvalue weighted by Crippen LogP contribution is -2.35. The van der Waals surface area contributed by atoms with E-state index in [1.165, 1.54) is 17.2 Å². The Balaban J connectivity index is 1.68. The van der Waals surface area contributed by atoms with Crippen LogP contribution in [0.5, 0.6) is 0 Å². The molecule has 142 valence electrons. The molecule has 9 nitrogen and oxygen atoms in total. The van der Waals surface area contributed by atoms with Crippen molar-refractivity contribution in [1.29, 1.82) is 0 Å². The summed E-state index contributed by atoms with van der Waals surface area (Å²) in [4.78, 5) is 33.3. The number of likely N-dealkylation sites (N-methyl/N-ethyl adjacent to an activating group) is 1. The molecule has 0 aliphatic carbocycles. The Labute approximate surface area is 159 Å². The highest BCUT2D eigenvalue weighted by Crippen LogP contribution is 2.35. The van der Waals surface area contributed by atoms with Gasteiger partial charge in [0.1, 0.15) is 11.4 Å². The number of aromatic nitrogens is 3. The molecule has 2 amide bonds. The summed E-state index contributed by atoms with van der Waals surface area (Å²) in [6, 6.07) is 10.1. The maximum Gasteiger partial charge on any atom is 0.267 e.